The fourth-order valence-corrected chi connectivity index (χ4v) is 3.77. The van der Waals surface area contributed by atoms with E-state index in [1.54, 1.807) is 0 Å². The Morgan fingerprint density at radius 2 is 2.05 bits per heavy atom. The summed E-state index contributed by atoms with van der Waals surface area (Å²) in [6.45, 7) is 3.32. The Labute approximate surface area is 124 Å². The number of hydrogen-bond donors (Lipinski definition) is 4. The second-order valence-corrected chi connectivity index (χ2v) is 6.21. The van der Waals surface area contributed by atoms with Gasteiger partial charge in [0.2, 0.25) is 5.91 Å². The minimum Gasteiger partial charge on any atom is -0.384 e. The molecule has 4 N–H and O–H groups in total. The summed E-state index contributed by atoms with van der Waals surface area (Å²) < 4.78 is 0. The number of likely N-dealkylation sites (tertiary alicyclic amines) is 1. The first-order chi connectivity index (χ1) is 10.3. The molecular weight excluding hydrogens is 266 g/mol. The van der Waals surface area contributed by atoms with Crippen molar-refractivity contribution in [3.8, 4) is 0 Å². The zero-order valence-corrected chi connectivity index (χ0v) is 12.0. The molecule has 1 spiro atoms. The third-order valence-corrected chi connectivity index (χ3v) is 5.09. The lowest BCUT2D eigenvalue weighted by atomic mass is 9.74. The largest absolute Gasteiger partial charge is 0.384 e. The zero-order chi connectivity index (χ0) is 14.3. The average molecular weight is 287 g/mol. The maximum absolute atomic E-state index is 12.4. The summed E-state index contributed by atoms with van der Waals surface area (Å²) in [5.41, 5.74) is 11.6. The van der Waals surface area contributed by atoms with Crippen LogP contribution in [0.25, 0.3) is 0 Å². The van der Waals surface area contributed by atoms with Crippen LogP contribution in [0.1, 0.15) is 18.4 Å². The zero-order valence-electron chi connectivity index (χ0n) is 12.0. The summed E-state index contributed by atoms with van der Waals surface area (Å²) in [4.78, 5) is 14.4. The fourth-order valence-electron chi connectivity index (χ4n) is 3.77. The molecule has 21 heavy (non-hydrogen) atoms. The summed E-state index contributed by atoms with van der Waals surface area (Å²) in [6.07, 6.45) is 2.08. The van der Waals surface area contributed by atoms with Gasteiger partial charge >= 0.3 is 0 Å². The van der Waals surface area contributed by atoms with E-state index < -0.39 is 0 Å². The van der Waals surface area contributed by atoms with E-state index in [1.807, 2.05) is 4.90 Å². The number of piperidine rings is 1. The molecule has 0 saturated carbocycles. The quantitative estimate of drug-likeness (QED) is 0.583. The van der Waals surface area contributed by atoms with Gasteiger partial charge in [0.25, 0.3) is 0 Å². The van der Waals surface area contributed by atoms with Gasteiger partial charge in [-0.1, -0.05) is 18.2 Å². The van der Waals surface area contributed by atoms with E-state index in [2.05, 4.69) is 46.0 Å². The molecule has 6 nitrogen and oxygen atoms in total. The number of hydrazine groups is 2. The van der Waals surface area contributed by atoms with E-state index in [4.69, 9.17) is 0 Å². The fraction of sp³-hybridized carbons (Fsp3) is 0.533. The highest BCUT2D eigenvalue weighted by molar-refractivity contribution is 5.82. The summed E-state index contributed by atoms with van der Waals surface area (Å²) in [5, 5.41) is 3.52. The predicted molar refractivity (Wildman–Crippen MR) is 80.5 cm³/mol. The van der Waals surface area contributed by atoms with Crippen LogP contribution in [0.2, 0.25) is 0 Å². The van der Waals surface area contributed by atoms with Crippen molar-refractivity contribution in [1.29, 1.82) is 0 Å². The topological polar surface area (TPSA) is 68.4 Å². The van der Waals surface area contributed by atoms with Crippen LogP contribution in [-0.4, -0.2) is 43.0 Å². The number of nitrogens with one attached hydrogen (secondary N) is 4. The molecule has 1 aromatic rings. The Balaban J connectivity index is 1.46. The number of nitrogens with zero attached hydrogens (tertiary/aromatic N) is 1. The Morgan fingerprint density at radius 1 is 1.24 bits per heavy atom. The van der Waals surface area contributed by atoms with E-state index in [0.29, 0.717) is 6.54 Å². The number of benzene rings is 1. The van der Waals surface area contributed by atoms with Gasteiger partial charge in [-0.3, -0.25) is 4.79 Å². The first kappa shape index (κ1) is 13.1. The number of fused-ring (bicyclic) bond motifs is 2. The van der Waals surface area contributed by atoms with Crippen molar-refractivity contribution in [2.24, 2.45) is 0 Å². The van der Waals surface area contributed by atoms with Crippen LogP contribution in [0.3, 0.4) is 0 Å². The predicted octanol–water partition coefficient (Wildman–Crippen LogP) is -0.0467. The van der Waals surface area contributed by atoms with Crippen LogP contribution in [0.4, 0.5) is 5.69 Å². The molecule has 0 aliphatic carbocycles. The molecule has 1 atom stereocenters. The Kier molecular flexibility index (Phi) is 3.10. The van der Waals surface area contributed by atoms with Crippen LogP contribution < -0.4 is 21.7 Å². The molecule has 112 valence electrons. The molecule has 0 aromatic heterocycles. The van der Waals surface area contributed by atoms with Crippen molar-refractivity contribution in [1.82, 2.24) is 21.3 Å². The third-order valence-electron chi connectivity index (χ3n) is 5.09. The van der Waals surface area contributed by atoms with Gasteiger partial charge in [-0.05, 0) is 24.5 Å². The van der Waals surface area contributed by atoms with Gasteiger partial charge < -0.3 is 10.2 Å². The lowest BCUT2D eigenvalue weighted by Crippen LogP contribution is -2.52. The van der Waals surface area contributed by atoms with Crippen LogP contribution in [0.15, 0.2) is 24.3 Å². The van der Waals surface area contributed by atoms with Gasteiger partial charge in [0.15, 0.2) is 0 Å². The second-order valence-electron chi connectivity index (χ2n) is 6.21. The second kappa shape index (κ2) is 4.98. The lowest BCUT2D eigenvalue weighted by molar-refractivity contribution is -0.134. The number of para-hydroxylation sites is 1. The minimum atomic E-state index is -0.145. The average Bonchev–Trinajstić information content (AvgIpc) is 3.17. The molecule has 6 heteroatoms. The highest BCUT2D eigenvalue weighted by atomic mass is 16.2. The molecule has 3 aliphatic rings. The van der Waals surface area contributed by atoms with Gasteiger partial charge in [0, 0.05) is 37.3 Å². The van der Waals surface area contributed by atoms with Gasteiger partial charge in [-0.15, -0.1) is 0 Å². The summed E-state index contributed by atoms with van der Waals surface area (Å²) in [5.74, 6) is 0.196. The highest BCUT2D eigenvalue weighted by Gasteiger charge is 2.42. The number of carbonyl (C=O) groups is 1. The number of carbonyl (C=O) groups excluding carboxylic acids is 1. The van der Waals surface area contributed by atoms with Crippen molar-refractivity contribution < 1.29 is 4.79 Å². The minimum absolute atomic E-state index is 0.145. The van der Waals surface area contributed by atoms with Crippen LogP contribution >= 0.6 is 0 Å². The Bertz CT molecular complexity index is 547. The smallest absolute Gasteiger partial charge is 0.242 e. The summed E-state index contributed by atoms with van der Waals surface area (Å²) in [6, 6.07) is 8.44. The molecule has 2 saturated heterocycles. The Morgan fingerprint density at radius 3 is 2.81 bits per heavy atom. The van der Waals surface area contributed by atoms with Crippen LogP contribution in [0.5, 0.6) is 0 Å². The first-order valence-electron chi connectivity index (χ1n) is 7.64. The van der Waals surface area contributed by atoms with E-state index in [0.717, 1.165) is 32.5 Å². The van der Waals surface area contributed by atoms with E-state index in [1.165, 1.54) is 11.3 Å². The molecule has 2 fully saturated rings. The molecule has 3 aliphatic heterocycles. The van der Waals surface area contributed by atoms with E-state index in [9.17, 15) is 4.79 Å². The van der Waals surface area contributed by atoms with Crippen molar-refractivity contribution in [2.45, 2.75) is 24.3 Å². The van der Waals surface area contributed by atoms with Crippen molar-refractivity contribution in [2.75, 3.05) is 31.5 Å². The number of anilines is 1. The molecular formula is C15H21N5O. The van der Waals surface area contributed by atoms with Gasteiger partial charge in [-0.25, -0.2) is 10.9 Å². The van der Waals surface area contributed by atoms with Crippen molar-refractivity contribution >= 4 is 11.6 Å². The van der Waals surface area contributed by atoms with E-state index >= 15 is 0 Å². The number of rotatable bonds is 1. The third kappa shape index (κ3) is 2.10. The normalized spacial score (nSPS) is 26.7. The molecule has 1 aromatic carbocycles. The van der Waals surface area contributed by atoms with Gasteiger partial charge in [-0.2, -0.15) is 5.53 Å². The Hall–Kier alpha value is -1.63. The summed E-state index contributed by atoms with van der Waals surface area (Å²) >= 11 is 0. The van der Waals surface area contributed by atoms with Gasteiger partial charge in [0.05, 0.1) is 0 Å². The standard InChI is InChI=1S/C15H21N5O/c21-14(13-9-17-19-18-13)20-7-5-15(6-8-20)10-16-12-4-2-1-3-11(12)15/h1-4,13,16-19H,5-10H2. The highest BCUT2D eigenvalue weighted by Crippen LogP contribution is 2.43. The van der Waals surface area contributed by atoms with Crippen LogP contribution in [-0.2, 0) is 10.2 Å². The van der Waals surface area contributed by atoms with Crippen molar-refractivity contribution in [3.63, 3.8) is 0 Å². The molecule has 0 radical (unpaired) electrons. The molecule has 3 heterocycles. The molecule has 1 unspecified atom stereocenters. The summed E-state index contributed by atoms with van der Waals surface area (Å²) in [7, 11) is 0. The number of amides is 1. The first-order valence-corrected chi connectivity index (χ1v) is 7.64. The number of hydrogen-bond acceptors (Lipinski definition) is 5. The lowest BCUT2D eigenvalue weighted by Gasteiger charge is -2.40. The van der Waals surface area contributed by atoms with Crippen LogP contribution in [0, 0.1) is 0 Å². The molecule has 0 bridgehead atoms. The van der Waals surface area contributed by atoms with Gasteiger partial charge in [0.1, 0.15) is 6.04 Å². The van der Waals surface area contributed by atoms with E-state index in [-0.39, 0.29) is 17.4 Å². The monoisotopic (exact) mass is 287 g/mol. The molecule has 4 rings (SSSR count). The maximum Gasteiger partial charge on any atom is 0.242 e. The maximum atomic E-state index is 12.4. The SMILES string of the molecule is O=C(C1CNNN1)N1CCC2(CC1)CNc1ccccc12. The molecule has 1 amide bonds. The van der Waals surface area contributed by atoms with Crippen molar-refractivity contribution in [3.05, 3.63) is 29.8 Å².